The fraction of sp³-hybridized carbons (Fsp3) is 0.404. The van der Waals surface area contributed by atoms with Gasteiger partial charge in [-0.25, -0.2) is 9.59 Å². The van der Waals surface area contributed by atoms with E-state index in [0.29, 0.717) is 24.0 Å². The van der Waals surface area contributed by atoms with Crippen LogP contribution in [0.1, 0.15) is 143 Å². The molecule has 0 saturated carbocycles. The molecule has 11 heteroatoms. The minimum atomic E-state index is -1.28. The summed E-state index contributed by atoms with van der Waals surface area (Å²) in [5.41, 5.74) is 4.71. The van der Waals surface area contributed by atoms with Crippen LogP contribution < -0.4 is 10.2 Å². The van der Waals surface area contributed by atoms with E-state index in [0.717, 1.165) is 49.2 Å². The normalized spacial score (nSPS) is 11.0. The van der Waals surface area contributed by atoms with Gasteiger partial charge in [0.1, 0.15) is 11.5 Å². The molecule has 4 rings (SSSR count). The van der Waals surface area contributed by atoms with E-state index in [1.165, 1.54) is 81.3 Å². The number of carbonyl (C=O) groups is 2. The first-order valence-corrected chi connectivity index (χ1v) is 20.2. The number of carboxylic acid groups (broad SMARTS) is 2. The largest absolute Gasteiger partial charge is 2.00 e. The Labute approximate surface area is 354 Å². The molecule has 316 valence electrons. The standard InChI is InChI=1S/C27H38N2.2C10H12O4.Ni/c1-3-5-7-8-9-10-17-23-27(29-25-20-15-12-16-21-25)26(22-6-4-2)28-24-18-13-11-14-19-24;2*1-2-3-6-4-5-7(11)9(12)8(6)10(13)14;/h11-16,18-21H,3-10,17,22-23H2,1-2H3;2*4-5,11-12H,2-3H2,1H3,(H,13,14);/q;;;+2/p-2. The van der Waals surface area contributed by atoms with Gasteiger partial charge < -0.3 is 30.6 Å². The van der Waals surface area contributed by atoms with Crippen molar-refractivity contribution >= 4 is 34.7 Å². The predicted octanol–water partition coefficient (Wildman–Crippen LogP) is 11.1. The van der Waals surface area contributed by atoms with Gasteiger partial charge in [-0.1, -0.05) is 146 Å². The van der Waals surface area contributed by atoms with Crippen LogP contribution >= 0.6 is 0 Å². The van der Waals surface area contributed by atoms with E-state index in [1.54, 1.807) is 0 Å². The molecular formula is C47H60N2NiO8. The molecule has 0 amide bonds. The smallest absolute Gasteiger partial charge is 0.869 e. The van der Waals surface area contributed by atoms with Crippen molar-refractivity contribution in [3.05, 3.63) is 107 Å². The van der Waals surface area contributed by atoms with E-state index < -0.39 is 34.9 Å². The molecule has 4 aromatic rings. The summed E-state index contributed by atoms with van der Waals surface area (Å²) in [5, 5.41) is 58.3. The van der Waals surface area contributed by atoms with Gasteiger partial charge in [0.05, 0.1) is 33.9 Å². The van der Waals surface area contributed by atoms with Gasteiger partial charge in [-0.05, 0) is 86.1 Å². The average Bonchev–Trinajstić information content (AvgIpc) is 3.20. The van der Waals surface area contributed by atoms with E-state index in [1.807, 2.05) is 26.0 Å². The maximum Gasteiger partial charge on any atom is 2.00 e. The van der Waals surface area contributed by atoms with Crippen molar-refractivity contribution in [3.8, 4) is 23.0 Å². The van der Waals surface area contributed by atoms with Crippen LogP contribution in [0.5, 0.6) is 23.0 Å². The van der Waals surface area contributed by atoms with E-state index >= 15 is 0 Å². The van der Waals surface area contributed by atoms with Crippen molar-refractivity contribution in [1.29, 1.82) is 0 Å². The number of phenols is 2. The summed E-state index contributed by atoms with van der Waals surface area (Å²) in [6.07, 6.45) is 16.1. The second kappa shape index (κ2) is 29.1. The van der Waals surface area contributed by atoms with Crippen LogP contribution in [0.3, 0.4) is 0 Å². The van der Waals surface area contributed by atoms with Gasteiger partial charge in [-0.3, -0.25) is 9.98 Å². The van der Waals surface area contributed by atoms with Crippen LogP contribution in [-0.4, -0.2) is 43.8 Å². The number of aliphatic imine (C=N–C) groups is 2. The Morgan fingerprint density at radius 3 is 1.22 bits per heavy atom. The zero-order valence-corrected chi connectivity index (χ0v) is 35.3. The van der Waals surface area contributed by atoms with Gasteiger partial charge in [0, 0.05) is 0 Å². The molecule has 0 aromatic heterocycles. The summed E-state index contributed by atoms with van der Waals surface area (Å²) in [7, 11) is 0. The number of carboxylic acids is 2. The molecule has 0 atom stereocenters. The first kappa shape index (κ1) is 50.9. The van der Waals surface area contributed by atoms with Crippen molar-refractivity contribution in [1.82, 2.24) is 0 Å². The number of unbranched alkanes of at least 4 members (excludes halogenated alkanes) is 7. The third kappa shape index (κ3) is 18.0. The number of aromatic carboxylic acids is 2. The molecule has 10 nitrogen and oxygen atoms in total. The number of para-hydroxylation sites is 2. The van der Waals surface area contributed by atoms with Gasteiger partial charge in [0.25, 0.3) is 0 Å². The minimum Gasteiger partial charge on any atom is -0.869 e. The van der Waals surface area contributed by atoms with Gasteiger partial charge in [0.2, 0.25) is 0 Å². The summed E-state index contributed by atoms with van der Waals surface area (Å²) in [5.74, 6) is -5.19. The predicted molar refractivity (Wildman–Crippen MR) is 226 cm³/mol. The van der Waals surface area contributed by atoms with Crippen LogP contribution in [0.2, 0.25) is 0 Å². The van der Waals surface area contributed by atoms with Gasteiger partial charge >= 0.3 is 28.4 Å². The molecule has 4 N–H and O–H groups in total. The summed E-state index contributed by atoms with van der Waals surface area (Å²) in [4.78, 5) is 31.6. The zero-order chi connectivity index (χ0) is 42.0. The average molecular weight is 840 g/mol. The van der Waals surface area contributed by atoms with Crippen LogP contribution in [-0.2, 0) is 29.3 Å². The first-order valence-electron chi connectivity index (χ1n) is 20.2. The van der Waals surface area contributed by atoms with Crippen molar-refractivity contribution in [2.45, 2.75) is 124 Å². The Balaban J connectivity index is 0.000000485. The molecule has 0 radical (unpaired) electrons. The molecule has 58 heavy (non-hydrogen) atoms. The molecular weight excluding hydrogens is 779 g/mol. The second-order valence-corrected chi connectivity index (χ2v) is 13.8. The summed E-state index contributed by atoms with van der Waals surface area (Å²) in [6.45, 7) is 8.30. The monoisotopic (exact) mass is 838 g/mol. The second-order valence-electron chi connectivity index (χ2n) is 13.8. The van der Waals surface area contributed by atoms with Crippen molar-refractivity contribution in [2.24, 2.45) is 9.98 Å². The Bertz CT molecular complexity index is 1790. The Morgan fingerprint density at radius 1 is 0.500 bits per heavy atom. The quantitative estimate of drug-likeness (QED) is 0.0384. The number of nitrogens with zero attached hydrogens (tertiary/aromatic N) is 2. The number of benzene rings is 4. The van der Waals surface area contributed by atoms with Crippen LogP contribution in [0, 0.1) is 0 Å². The van der Waals surface area contributed by atoms with Crippen LogP contribution in [0.4, 0.5) is 11.4 Å². The maximum absolute atomic E-state index is 11.3. The molecule has 0 aliphatic heterocycles. The number of hydrogen-bond donors (Lipinski definition) is 4. The topological polar surface area (TPSA) is 186 Å². The van der Waals surface area contributed by atoms with Crippen LogP contribution in [0.25, 0.3) is 0 Å². The fourth-order valence-corrected chi connectivity index (χ4v) is 6.09. The number of phenolic OH excluding ortho intramolecular Hbond substituents is 2. The molecule has 4 aromatic carbocycles. The summed E-state index contributed by atoms with van der Waals surface area (Å²) < 4.78 is 0. The molecule has 0 saturated heterocycles. The van der Waals surface area contributed by atoms with Gasteiger partial charge in [-0.15, -0.1) is 0 Å². The first-order chi connectivity index (χ1) is 27.5. The third-order valence-corrected chi connectivity index (χ3v) is 9.07. The molecule has 0 aliphatic carbocycles. The van der Waals surface area contributed by atoms with Crippen LogP contribution in [0.15, 0.2) is 94.9 Å². The van der Waals surface area contributed by atoms with E-state index in [-0.39, 0.29) is 27.6 Å². The van der Waals surface area contributed by atoms with E-state index in [2.05, 4.69) is 62.4 Å². The molecule has 0 aliphatic rings. The van der Waals surface area contributed by atoms with Crippen molar-refractivity contribution < 1.29 is 56.7 Å². The Kier molecular flexibility index (Phi) is 25.5. The number of aromatic hydroxyl groups is 2. The maximum atomic E-state index is 11.3. The van der Waals surface area contributed by atoms with Gasteiger partial charge in [-0.2, -0.15) is 0 Å². The number of hydrogen-bond acceptors (Lipinski definition) is 8. The fourth-order valence-electron chi connectivity index (χ4n) is 6.09. The van der Waals surface area contributed by atoms with E-state index in [9.17, 15) is 19.8 Å². The molecule has 0 unspecified atom stereocenters. The SMILES string of the molecule is CCCCCCCCCC(=Nc1ccccc1)C(CCCC)=Nc1ccccc1.CCCc1ccc(O)c([O-])c1C(=O)O.CCCc1ccc(O)c([O-])c1C(=O)O.[Ni+2]. The summed E-state index contributed by atoms with van der Waals surface area (Å²) in [6, 6.07) is 26.1. The Morgan fingerprint density at radius 2 is 0.862 bits per heavy atom. The molecule has 0 fully saturated rings. The molecule has 0 spiro atoms. The number of rotatable bonds is 20. The zero-order valence-electron chi connectivity index (χ0n) is 34.3. The number of aryl methyl sites for hydroxylation is 2. The minimum absolute atomic E-state index is 0. The van der Waals surface area contributed by atoms with Crippen molar-refractivity contribution in [2.75, 3.05) is 0 Å². The summed E-state index contributed by atoms with van der Waals surface area (Å²) >= 11 is 0. The Hall–Kier alpha value is -5.15. The van der Waals surface area contributed by atoms with Gasteiger partial charge in [0.15, 0.2) is 0 Å². The molecule has 0 bridgehead atoms. The van der Waals surface area contributed by atoms with Crippen molar-refractivity contribution in [3.63, 3.8) is 0 Å². The van der Waals surface area contributed by atoms with E-state index in [4.69, 9.17) is 30.4 Å². The third-order valence-electron chi connectivity index (χ3n) is 9.07. The molecule has 0 heterocycles.